The second-order valence-electron chi connectivity index (χ2n) is 8.61. The van der Waals surface area contributed by atoms with Crippen LogP contribution in [-0.2, 0) is 9.53 Å². The lowest BCUT2D eigenvalue weighted by Gasteiger charge is -2.14. The van der Waals surface area contributed by atoms with Gasteiger partial charge in [0.2, 0.25) is 5.91 Å². The first-order chi connectivity index (χ1) is 17.0. The third kappa shape index (κ3) is 5.22. The average molecular weight is 498 g/mol. The number of nitrogens with zero attached hydrogens (tertiary/aromatic N) is 3. The second kappa shape index (κ2) is 10.2. The maximum atomic E-state index is 13.5. The Morgan fingerprint density at radius 1 is 1.31 bits per heavy atom. The van der Waals surface area contributed by atoms with Crippen LogP contribution >= 0.6 is 11.6 Å². The van der Waals surface area contributed by atoms with Crippen molar-refractivity contribution in [2.75, 3.05) is 44.0 Å². The molecule has 3 aromatic rings. The first-order valence-electron chi connectivity index (χ1n) is 11.4. The summed E-state index contributed by atoms with van der Waals surface area (Å²) in [6, 6.07) is 7.78. The lowest BCUT2D eigenvalue weighted by atomic mass is 10.1. The van der Waals surface area contributed by atoms with Crippen LogP contribution in [0.5, 0.6) is 5.75 Å². The molecule has 0 spiro atoms. The third-order valence-electron chi connectivity index (χ3n) is 6.31. The van der Waals surface area contributed by atoms with Crippen LogP contribution in [-0.4, -0.2) is 60.2 Å². The molecule has 0 saturated carbocycles. The van der Waals surface area contributed by atoms with E-state index in [9.17, 15) is 9.18 Å². The molecule has 3 heterocycles. The van der Waals surface area contributed by atoms with Gasteiger partial charge in [0.1, 0.15) is 23.7 Å². The summed E-state index contributed by atoms with van der Waals surface area (Å²) >= 11 is 5.90. The molecule has 2 fully saturated rings. The Morgan fingerprint density at radius 2 is 2.20 bits per heavy atom. The summed E-state index contributed by atoms with van der Waals surface area (Å²) in [5, 5.41) is 6.66. The number of amides is 1. The number of carbonyl (C=O) groups excluding carboxylic acids is 1. The van der Waals surface area contributed by atoms with E-state index in [0.717, 1.165) is 26.1 Å². The van der Waals surface area contributed by atoms with Crippen molar-refractivity contribution in [1.82, 2.24) is 14.9 Å². The first kappa shape index (κ1) is 23.5. The number of anilines is 3. The Hall–Kier alpha value is -3.27. The molecule has 5 rings (SSSR count). The number of carbonyl (C=O) groups is 1. The van der Waals surface area contributed by atoms with Crippen molar-refractivity contribution in [2.45, 2.75) is 12.5 Å². The maximum absolute atomic E-state index is 13.5. The van der Waals surface area contributed by atoms with Crippen LogP contribution < -0.4 is 15.4 Å². The molecule has 2 unspecified atom stereocenters. The maximum Gasteiger partial charge on any atom is 0.248 e. The number of ether oxygens (including phenoxy) is 2. The van der Waals surface area contributed by atoms with Crippen LogP contribution in [0.3, 0.4) is 0 Å². The first-order valence-corrected chi connectivity index (χ1v) is 11.7. The number of hydrogen-bond acceptors (Lipinski definition) is 7. The minimum Gasteiger partial charge on any atom is -0.494 e. The molecular weight excluding hydrogens is 473 g/mol. The van der Waals surface area contributed by atoms with Crippen LogP contribution in [0, 0.1) is 11.7 Å². The standard InChI is InChI=1S/C25H25ClFN5O3/c1-34-22-11-20-17(25(29-14-28-20)30-16-4-5-19(27)18(26)9-16)10-21(22)31-24(33)3-2-7-32-12-15-6-8-35-23(15)13-32/h2-5,9-11,14-15,23H,6-8,12-13H2,1H3,(H,31,33)(H,28,29,30). The molecule has 0 radical (unpaired) electrons. The smallest absolute Gasteiger partial charge is 0.248 e. The minimum absolute atomic E-state index is 0.000524. The van der Waals surface area contributed by atoms with Gasteiger partial charge in [-0.05, 0) is 30.7 Å². The minimum atomic E-state index is -0.506. The van der Waals surface area contributed by atoms with Crippen LogP contribution in [0.1, 0.15) is 6.42 Å². The zero-order chi connectivity index (χ0) is 24.4. The molecule has 0 aliphatic carbocycles. The van der Waals surface area contributed by atoms with Crippen LogP contribution in [0.2, 0.25) is 5.02 Å². The zero-order valence-electron chi connectivity index (χ0n) is 19.1. The Labute approximate surface area is 207 Å². The van der Waals surface area contributed by atoms with E-state index >= 15 is 0 Å². The highest BCUT2D eigenvalue weighted by atomic mass is 35.5. The van der Waals surface area contributed by atoms with Gasteiger partial charge in [0.25, 0.3) is 0 Å². The van der Waals surface area contributed by atoms with Crippen molar-refractivity contribution in [1.29, 1.82) is 0 Å². The van der Waals surface area contributed by atoms with Crippen LogP contribution in [0.15, 0.2) is 48.8 Å². The number of fused-ring (bicyclic) bond motifs is 2. The summed E-state index contributed by atoms with van der Waals surface area (Å²) in [5.41, 5.74) is 1.66. The van der Waals surface area contributed by atoms with E-state index in [1.54, 1.807) is 18.2 Å². The zero-order valence-corrected chi connectivity index (χ0v) is 19.9. The monoisotopic (exact) mass is 497 g/mol. The fourth-order valence-corrected chi connectivity index (χ4v) is 4.74. The van der Waals surface area contributed by atoms with E-state index in [4.69, 9.17) is 21.1 Å². The van der Waals surface area contributed by atoms with Crippen molar-refractivity contribution in [2.24, 2.45) is 5.92 Å². The third-order valence-corrected chi connectivity index (χ3v) is 6.60. The van der Waals surface area contributed by atoms with Crippen molar-refractivity contribution in [3.63, 3.8) is 0 Å². The van der Waals surface area contributed by atoms with Gasteiger partial charge in [-0.2, -0.15) is 0 Å². The molecule has 2 atom stereocenters. The number of benzene rings is 2. The predicted molar refractivity (Wildman–Crippen MR) is 133 cm³/mol. The number of rotatable bonds is 7. The summed E-state index contributed by atoms with van der Waals surface area (Å²) in [5.74, 6) is 0.782. The molecule has 2 N–H and O–H groups in total. The molecule has 2 aliphatic rings. The van der Waals surface area contributed by atoms with E-state index in [0.29, 0.717) is 52.4 Å². The largest absolute Gasteiger partial charge is 0.494 e. The molecule has 10 heteroatoms. The van der Waals surface area contributed by atoms with Crippen molar-refractivity contribution >= 4 is 45.6 Å². The highest BCUT2D eigenvalue weighted by Crippen LogP contribution is 2.34. The fourth-order valence-electron chi connectivity index (χ4n) is 4.56. The summed E-state index contributed by atoms with van der Waals surface area (Å²) in [7, 11) is 1.53. The number of likely N-dealkylation sites (tertiary alicyclic amines) is 1. The molecule has 182 valence electrons. The van der Waals surface area contributed by atoms with E-state index in [1.807, 2.05) is 6.08 Å². The lowest BCUT2D eigenvalue weighted by Crippen LogP contribution is -2.23. The van der Waals surface area contributed by atoms with Crippen LogP contribution in [0.25, 0.3) is 10.9 Å². The lowest BCUT2D eigenvalue weighted by molar-refractivity contribution is -0.111. The Balaban J connectivity index is 1.31. The van der Waals surface area contributed by atoms with Gasteiger partial charge in [-0.15, -0.1) is 0 Å². The quantitative estimate of drug-likeness (QED) is 0.468. The molecule has 1 amide bonds. The van der Waals surface area contributed by atoms with E-state index < -0.39 is 5.82 Å². The Kier molecular flexibility index (Phi) is 6.81. The van der Waals surface area contributed by atoms with Gasteiger partial charge in [-0.3, -0.25) is 9.69 Å². The molecule has 0 bridgehead atoms. The van der Waals surface area contributed by atoms with Crippen molar-refractivity contribution < 1.29 is 18.7 Å². The highest BCUT2D eigenvalue weighted by molar-refractivity contribution is 6.31. The average Bonchev–Trinajstić information content (AvgIpc) is 3.43. The number of nitrogens with one attached hydrogen (secondary N) is 2. The van der Waals surface area contributed by atoms with Gasteiger partial charge >= 0.3 is 0 Å². The fraction of sp³-hybridized carbons (Fsp3) is 0.320. The number of hydrogen-bond donors (Lipinski definition) is 2. The number of methoxy groups -OCH3 is 1. The molecule has 2 aromatic carbocycles. The summed E-state index contributed by atoms with van der Waals surface area (Å²) in [4.78, 5) is 23.5. The van der Waals surface area contributed by atoms with Crippen molar-refractivity contribution in [3.8, 4) is 5.75 Å². The van der Waals surface area contributed by atoms with Gasteiger partial charge in [0.15, 0.2) is 0 Å². The Morgan fingerprint density at radius 3 is 3.00 bits per heavy atom. The molecule has 1 aromatic heterocycles. The topological polar surface area (TPSA) is 88.6 Å². The summed E-state index contributed by atoms with van der Waals surface area (Å²) in [6.45, 7) is 3.46. The number of aromatic nitrogens is 2. The molecular formula is C25H25ClFN5O3. The van der Waals surface area contributed by atoms with Crippen molar-refractivity contribution in [3.05, 3.63) is 59.7 Å². The van der Waals surface area contributed by atoms with Gasteiger partial charge in [-0.1, -0.05) is 17.7 Å². The van der Waals surface area contributed by atoms with E-state index in [2.05, 4.69) is 25.5 Å². The van der Waals surface area contributed by atoms with Crippen LogP contribution in [0.4, 0.5) is 21.6 Å². The second-order valence-corrected chi connectivity index (χ2v) is 9.02. The normalized spacial score (nSPS) is 19.9. The molecule has 2 saturated heterocycles. The Bertz CT molecular complexity index is 1280. The van der Waals surface area contributed by atoms with Gasteiger partial charge < -0.3 is 20.1 Å². The van der Waals surface area contributed by atoms with Gasteiger partial charge in [-0.25, -0.2) is 14.4 Å². The predicted octanol–water partition coefficient (Wildman–Crippen LogP) is 4.39. The molecule has 2 aliphatic heterocycles. The van der Waals surface area contributed by atoms with E-state index in [1.165, 1.54) is 31.6 Å². The number of halogens is 2. The van der Waals surface area contributed by atoms with E-state index in [-0.39, 0.29) is 10.9 Å². The molecule has 8 nitrogen and oxygen atoms in total. The van der Waals surface area contributed by atoms with Gasteiger partial charge in [0, 0.05) is 55.4 Å². The summed E-state index contributed by atoms with van der Waals surface area (Å²) in [6.07, 6.45) is 6.24. The SMILES string of the molecule is COc1cc2ncnc(Nc3ccc(F)c(Cl)c3)c2cc1NC(=O)C=CCN1CC2CCOC2C1. The van der Waals surface area contributed by atoms with Gasteiger partial charge in [0.05, 0.1) is 29.4 Å². The summed E-state index contributed by atoms with van der Waals surface area (Å²) < 4.78 is 24.7. The highest BCUT2D eigenvalue weighted by Gasteiger charge is 2.36. The molecule has 35 heavy (non-hydrogen) atoms.